The zero-order chi connectivity index (χ0) is 13.9. The van der Waals surface area contributed by atoms with E-state index in [0.29, 0.717) is 12.1 Å². The van der Waals surface area contributed by atoms with Crippen LogP contribution in [0.1, 0.15) is 28.4 Å². The molecule has 1 aromatic heterocycles. The van der Waals surface area contributed by atoms with E-state index in [-0.39, 0.29) is 12.0 Å². The van der Waals surface area contributed by atoms with Gasteiger partial charge in [-0.05, 0) is 30.5 Å². The fraction of sp³-hybridized carbons (Fsp3) is 0.267. The van der Waals surface area contributed by atoms with E-state index in [1.807, 2.05) is 42.6 Å². The van der Waals surface area contributed by atoms with Crippen LogP contribution in [0.5, 0.6) is 0 Å². The molecule has 1 aliphatic heterocycles. The Morgan fingerprint density at radius 1 is 1.25 bits per heavy atom. The van der Waals surface area contributed by atoms with Gasteiger partial charge in [0.15, 0.2) is 0 Å². The highest BCUT2D eigenvalue weighted by Gasteiger charge is 2.31. The molecule has 2 unspecified atom stereocenters. The van der Waals surface area contributed by atoms with E-state index < -0.39 is 6.29 Å². The van der Waals surface area contributed by atoms with Crippen LogP contribution in [0.2, 0.25) is 0 Å². The van der Waals surface area contributed by atoms with Crippen LogP contribution in [0.25, 0.3) is 0 Å². The molecule has 3 rings (SSSR count). The summed E-state index contributed by atoms with van der Waals surface area (Å²) >= 11 is 1.55. The summed E-state index contributed by atoms with van der Waals surface area (Å²) in [5.41, 5.74) is 0.617. The third-order valence-corrected chi connectivity index (χ3v) is 3.92. The molecule has 2 heterocycles. The molecule has 0 saturated carbocycles. The van der Waals surface area contributed by atoms with E-state index in [2.05, 4.69) is 0 Å². The molecule has 104 valence electrons. The Morgan fingerprint density at radius 2 is 2.05 bits per heavy atom. The van der Waals surface area contributed by atoms with Gasteiger partial charge in [-0.3, -0.25) is 4.79 Å². The van der Waals surface area contributed by atoms with Gasteiger partial charge in [-0.15, -0.1) is 11.3 Å². The number of rotatable bonds is 2. The Balaban J connectivity index is 1.78. The topological polar surface area (TPSA) is 38.8 Å². The molecule has 0 N–H and O–H groups in total. The van der Waals surface area contributed by atoms with Crippen molar-refractivity contribution in [2.75, 3.05) is 6.54 Å². The molecule has 4 nitrogen and oxygen atoms in total. The first-order chi connectivity index (χ1) is 9.74. The van der Waals surface area contributed by atoms with Crippen LogP contribution >= 0.6 is 11.3 Å². The van der Waals surface area contributed by atoms with E-state index in [1.165, 1.54) is 5.06 Å². The molecule has 0 aliphatic carbocycles. The molecule has 0 spiro atoms. The number of thiophene rings is 1. The smallest absolute Gasteiger partial charge is 0.277 e. The maximum atomic E-state index is 12.4. The lowest BCUT2D eigenvalue weighted by atomic mass is 10.2. The number of carbonyl (C=O) groups is 1. The highest BCUT2D eigenvalue weighted by Crippen LogP contribution is 2.30. The molecule has 5 heteroatoms. The highest BCUT2D eigenvalue weighted by atomic mass is 32.1. The van der Waals surface area contributed by atoms with E-state index in [4.69, 9.17) is 9.57 Å². The maximum absolute atomic E-state index is 12.4. The van der Waals surface area contributed by atoms with Gasteiger partial charge in [0.05, 0.1) is 17.5 Å². The molecular weight excluding hydrogens is 274 g/mol. The van der Waals surface area contributed by atoms with Crippen LogP contribution in [0, 0.1) is 0 Å². The fourth-order valence-corrected chi connectivity index (χ4v) is 2.75. The first-order valence-corrected chi connectivity index (χ1v) is 7.34. The maximum Gasteiger partial charge on any atom is 0.277 e. The van der Waals surface area contributed by atoms with Crippen molar-refractivity contribution in [3.8, 4) is 0 Å². The second-order valence-corrected chi connectivity index (χ2v) is 5.61. The quantitative estimate of drug-likeness (QED) is 0.852. The SMILES string of the molecule is CC1CN(C(=O)c2ccccc2)OC(c2cccs2)O1. The third-order valence-electron chi connectivity index (χ3n) is 3.02. The van der Waals surface area contributed by atoms with E-state index in [9.17, 15) is 4.79 Å². The van der Waals surface area contributed by atoms with Crippen molar-refractivity contribution in [3.63, 3.8) is 0 Å². The summed E-state index contributed by atoms with van der Waals surface area (Å²) in [5, 5.41) is 3.36. The average Bonchev–Trinajstić information content (AvgIpc) is 3.01. The molecule has 1 aromatic carbocycles. The number of ether oxygens (including phenoxy) is 1. The summed E-state index contributed by atoms with van der Waals surface area (Å²) in [7, 11) is 0. The number of hydrogen-bond donors (Lipinski definition) is 0. The van der Waals surface area contributed by atoms with Crippen LogP contribution < -0.4 is 0 Å². The summed E-state index contributed by atoms with van der Waals surface area (Å²) in [6.07, 6.45) is -0.574. The van der Waals surface area contributed by atoms with Gasteiger partial charge in [-0.2, -0.15) is 0 Å². The van der Waals surface area contributed by atoms with Gasteiger partial charge in [0.25, 0.3) is 5.91 Å². The Morgan fingerprint density at radius 3 is 2.75 bits per heavy atom. The van der Waals surface area contributed by atoms with Crippen LogP contribution in [-0.4, -0.2) is 23.6 Å². The molecule has 2 aromatic rings. The van der Waals surface area contributed by atoms with Crippen molar-refractivity contribution in [1.82, 2.24) is 5.06 Å². The minimum Gasteiger partial charge on any atom is -0.341 e. The Hall–Kier alpha value is -1.69. The van der Waals surface area contributed by atoms with Crippen molar-refractivity contribution in [2.45, 2.75) is 19.3 Å². The standard InChI is InChI=1S/C15H15NO3S/c1-11-10-16(14(17)12-6-3-2-4-7-12)19-15(18-11)13-8-5-9-20-13/h2-9,11,15H,10H2,1H3. The monoisotopic (exact) mass is 289 g/mol. The minimum atomic E-state index is -0.508. The molecule has 1 aliphatic rings. The van der Waals surface area contributed by atoms with Crippen molar-refractivity contribution in [3.05, 3.63) is 58.3 Å². The lowest BCUT2D eigenvalue weighted by molar-refractivity contribution is -0.319. The molecule has 1 amide bonds. The number of hydrogen-bond acceptors (Lipinski definition) is 4. The molecule has 0 radical (unpaired) electrons. The normalized spacial score (nSPS) is 22.8. The first-order valence-electron chi connectivity index (χ1n) is 6.46. The van der Waals surface area contributed by atoms with Crippen molar-refractivity contribution < 1.29 is 14.4 Å². The van der Waals surface area contributed by atoms with Gasteiger partial charge in [0.1, 0.15) is 0 Å². The van der Waals surface area contributed by atoms with Crippen LogP contribution in [0.3, 0.4) is 0 Å². The number of hydroxylamine groups is 2. The molecule has 20 heavy (non-hydrogen) atoms. The molecular formula is C15H15NO3S. The van der Waals surface area contributed by atoms with Gasteiger partial charge >= 0.3 is 0 Å². The number of amides is 1. The zero-order valence-corrected chi connectivity index (χ0v) is 11.9. The first kappa shape index (κ1) is 13.3. The third kappa shape index (κ3) is 2.75. The summed E-state index contributed by atoms with van der Waals surface area (Å²) in [6.45, 7) is 2.37. The van der Waals surface area contributed by atoms with E-state index >= 15 is 0 Å². The molecule has 0 bridgehead atoms. The zero-order valence-electron chi connectivity index (χ0n) is 11.1. The largest absolute Gasteiger partial charge is 0.341 e. The van der Waals surface area contributed by atoms with Crippen molar-refractivity contribution >= 4 is 17.2 Å². The lowest BCUT2D eigenvalue weighted by Gasteiger charge is -2.35. The van der Waals surface area contributed by atoms with Crippen molar-refractivity contribution in [2.24, 2.45) is 0 Å². The van der Waals surface area contributed by atoms with Gasteiger partial charge in [0.2, 0.25) is 6.29 Å². The minimum absolute atomic E-state index is 0.0662. The Kier molecular flexibility index (Phi) is 3.82. The molecule has 2 atom stereocenters. The van der Waals surface area contributed by atoms with Crippen LogP contribution in [-0.2, 0) is 9.57 Å². The molecule has 1 fully saturated rings. The number of benzene rings is 1. The summed E-state index contributed by atoms with van der Waals surface area (Å²) in [6, 6.07) is 13.0. The second kappa shape index (κ2) is 5.75. The van der Waals surface area contributed by atoms with E-state index in [0.717, 1.165) is 4.88 Å². The van der Waals surface area contributed by atoms with Gasteiger partial charge in [0, 0.05) is 5.56 Å². The predicted molar refractivity (Wildman–Crippen MR) is 76.2 cm³/mol. The molecule has 1 saturated heterocycles. The summed E-state index contributed by atoms with van der Waals surface area (Å²) in [5.74, 6) is -0.137. The number of carbonyl (C=O) groups excluding carboxylic acids is 1. The Labute approximate surface area is 121 Å². The summed E-state index contributed by atoms with van der Waals surface area (Å²) in [4.78, 5) is 19.1. The van der Waals surface area contributed by atoms with Crippen LogP contribution in [0.15, 0.2) is 47.8 Å². The number of nitrogens with zero attached hydrogens (tertiary/aromatic N) is 1. The van der Waals surface area contributed by atoms with Gasteiger partial charge in [-0.1, -0.05) is 24.3 Å². The lowest BCUT2D eigenvalue weighted by Crippen LogP contribution is -2.44. The predicted octanol–water partition coefficient (Wildman–Crippen LogP) is 3.24. The highest BCUT2D eigenvalue weighted by molar-refractivity contribution is 7.10. The van der Waals surface area contributed by atoms with Crippen LogP contribution in [0.4, 0.5) is 0 Å². The summed E-state index contributed by atoms with van der Waals surface area (Å²) < 4.78 is 5.74. The van der Waals surface area contributed by atoms with E-state index in [1.54, 1.807) is 23.5 Å². The fourth-order valence-electron chi connectivity index (χ4n) is 2.07. The van der Waals surface area contributed by atoms with Crippen molar-refractivity contribution in [1.29, 1.82) is 0 Å². The second-order valence-electron chi connectivity index (χ2n) is 4.63. The van der Waals surface area contributed by atoms with Gasteiger partial charge < -0.3 is 4.74 Å². The van der Waals surface area contributed by atoms with Gasteiger partial charge in [-0.25, -0.2) is 9.90 Å². The average molecular weight is 289 g/mol. The Bertz CT molecular complexity index is 570.